The number of thiophene rings is 1. The second-order valence-electron chi connectivity index (χ2n) is 13.5. The fourth-order valence-corrected chi connectivity index (χ4v) is 10.0. The summed E-state index contributed by atoms with van der Waals surface area (Å²) in [5.41, 5.74) is 12.9. The lowest BCUT2D eigenvalue weighted by Gasteiger charge is -2.43. The Bertz CT molecular complexity index is 2870. The lowest BCUT2D eigenvalue weighted by atomic mass is 9.36. The summed E-state index contributed by atoms with van der Waals surface area (Å²) in [6.45, 7) is 2.12. The molecular formula is C45H29BFN3S. The second kappa shape index (κ2) is 10.7. The first-order valence-corrected chi connectivity index (χ1v) is 18.2. The summed E-state index contributed by atoms with van der Waals surface area (Å²) in [7, 11) is 0. The molecule has 7 aromatic carbocycles. The van der Waals surface area contributed by atoms with Gasteiger partial charge in [-0.25, -0.2) is 4.39 Å². The lowest BCUT2D eigenvalue weighted by Crippen LogP contribution is -2.60. The zero-order chi connectivity index (χ0) is 33.8. The topological polar surface area (TPSA) is 11.4 Å². The average molecular weight is 674 g/mol. The molecule has 0 fully saturated rings. The molecule has 240 valence electrons. The van der Waals surface area contributed by atoms with Crippen LogP contribution in [0.25, 0.3) is 37.6 Å². The van der Waals surface area contributed by atoms with Gasteiger partial charge in [0.2, 0.25) is 0 Å². The van der Waals surface area contributed by atoms with Crippen LogP contribution in [0.4, 0.5) is 38.5 Å². The molecule has 0 N–H and O–H groups in total. The quantitative estimate of drug-likeness (QED) is 0.173. The van der Waals surface area contributed by atoms with E-state index in [4.69, 9.17) is 0 Å². The van der Waals surface area contributed by atoms with Crippen LogP contribution in [0.15, 0.2) is 158 Å². The van der Waals surface area contributed by atoms with Gasteiger partial charge in [-0.2, -0.15) is 0 Å². The van der Waals surface area contributed by atoms with Gasteiger partial charge < -0.3 is 14.4 Å². The number of anilines is 6. The van der Waals surface area contributed by atoms with E-state index in [1.54, 1.807) is 12.1 Å². The van der Waals surface area contributed by atoms with E-state index in [-0.39, 0.29) is 12.5 Å². The number of aromatic nitrogens is 1. The Labute approximate surface area is 299 Å². The highest BCUT2D eigenvalue weighted by atomic mass is 32.1. The van der Waals surface area contributed by atoms with Crippen molar-refractivity contribution in [2.24, 2.45) is 0 Å². The van der Waals surface area contributed by atoms with Gasteiger partial charge in [0.1, 0.15) is 5.82 Å². The third-order valence-electron chi connectivity index (χ3n) is 10.8. The van der Waals surface area contributed by atoms with Crippen molar-refractivity contribution in [1.82, 2.24) is 4.57 Å². The third kappa shape index (κ3) is 3.88. The molecule has 0 spiro atoms. The SMILES string of the molecule is Cc1ccccc1N1c2cccc3c2B(c2ccc4c5ccccc5n(-c5ccccc5)c4c2N3c2ccccc2F)c2sc3ccccc3c21. The predicted octanol–water partition coefficient (Wildman–Crippen LogP) is 10.5. The zero-order valence-corrected chi connectivity index (χ0v) is 28.5. The number of halogens is 1. The number of nitrogens with zero attached hydrogens (tertiary/aromatic N) is 3. The molecule has 0 saturated carbocycles. The minimum Gasteiger partial charge on any atom is -0.310 e. The van der Waals surface area contributed by atoms with Crippen molar-refractivity contribution in [1.29, 1.82) is 0 Å². The van der Waals surface area contributed by atoms with E-state index in [1.165, 1.54) is 42.4 Å². The minimum atomic E-state index is -0.256. The Morgan fingerprint density at radius 1 is 0.529 bits per heavy atom. The molecular weight excluding hydrogens is 644 g/mol. The Morgan fingerprint density at radius 2 is 1.18 bits per heavy atom. The van der Waals surface area contributed by atoms with Crippen LogP contribution in [0, 0.1) is 12.7 Å². The first-order chi connectivity index (χ1) is 25.2. The zero-order valence-electron chi connectivity index (χ0n) is 27.7. The summed E-state index contributed by atoms with van der Waals surface area (Å²) in [6.07, 6.45) is 0. The Kier molecular flexibility index (Phi) is 6.02. The van der Waals surface area contributed by atoms with Crippen molar-refractivity contribution < 1.29 is 4.39 Å². The van der Waals surface area contributed by atoms with Crippen LogP contribution < -0.4 is 25.5 Å². The molecule has 2 aromatic heterocycles. The van der Waals surface area contributed by atoms with Crippen LogP contribution >= 0.6 is 11.3 Å². The number of hydrogen-bond donors (Lipinski definition) is 0. The van der Waals surface area contributed by atoms with E-state index in [1.807, 2.05) is 23.5 Å². The Balaban J connectivity index is 1.34. The molecule has 0 radical (unpaired) electrons. The van der Waals surface area contributed by atoms with Gasteiger partial charge in [0.05, 0.1) is 28.1 Å². The molecule has 0 bridgehead atoms. The first-order valence-electron chi connectivity index (χ1n) is 17.4. The van der Waals surface area contributed by atoms with E-state index in [9.17, 15) is 0 Å². The maximum atomic E-state index is 16.4. The molecule has 51 heavy (non-hydrogen) atoms. The first kappa shape index (κ1) is 28.7. The maximum absolute atomic E-state index is 16.4. The molecule has 4 heterocycles. The number of aryl methyl sites for hydroxylation is 1. The number of fused-ring (bicyclic) bond motifs is 10. The average Bonchev–Trinajstić information content (AvgIpc) is 3.72. The van der Waals surface area contributed by atoms with Gasteiger partial charge >= 0.3 is 0 Å². The summed E-state index contributed by atoms with van der Waals surface area (Å²) in [6, 6.07) is 55.0. The van der Waals surface area contributed by atoms with E-state index in [0.29, 0.717) is 5.69 Å². The molecule has 6 heteroatoms. The molecule has 9 aromatic rings. The fourth-order valence-electron chi connectivity index (χ4n) is 8.69. The summed E-state index contributed by atoms with van der Waals surface area (Å²) >= 11 is 1.88. The van der Waals surface area contributed by atoms with Gasteiger partial charge in [0.15, 0.2) is 0 Å². The van der Waals surface area contributed by atoms with E-state index >= 15 is 4.39 Å². The van der Waals surface area contributed by atoms with E-state index in [0.717, 1.165) is 44.9 Å². The van der Waals surface area contributed by atoms with Crippen LogP contribution in [-0.2, 0) is 0 Å². The van der Waals surface area contributed by atoms with E-state index in [2.05, 4.69) is 155 Å². The van der Waals surface area contributed by atoms with Crippen molar-refractivity contribution in [2.45, 2.75) is 6.92 Å². The molecule has 0 atom stereocenters. The van der Waals surface area contributed by atoms with Gasteiger partial charge in [0, 0.05) is 48.4 Å². The number of benzene rings is 7. The second-order valence-corrected chi connectivity index (χ2v) is 14.5. The smallest absolute Gasteiger partial charge is 0.264 e. The molecule has 11 rings (SSSR count). The summed E-state index contributed by atoms with van der Waals surface area (Å²) in [5, 5.41) is 3.56. The lowest BCUT2D eigenvalue weighted by molar-refractivity contribution is 0.629. The highest BCUT2D eigenvalue weighted by Gasteiger charge is 2.46. The Morgan fingerprint density at radius 3 is 1.98 bits per heavy atom. The van der Waals surface area contributed by atoms with Crippen molar-refractivity contribution in [2.75, 3.05) is 9.80 Å². The van der Waals surface area contributed by atoms with Crippen molar-refractivity contribution >= 4 is 99.8 Å². The maximum Gasteiger partial charge on any atom is 0.264 e. The molecule has 3 nitrogen and oxygen atoms in total. The van der Waals surface area contributed by atoms with Gasteiger partial charge in [-0.3, -0.25) is 0 Å². The predicted molar refractivity (Wildman–Crippen MR) is 215 cm³/mol. The number of para-hydroxylation sites is 4. The highest BCUT2D eigenvalue weighted by Crippen LogP contribution is 2.50. The van der Waals surface area contributed by atoms with Crippen molar-refractivity contribution in [3.8, 4) is 5.69 Å². The summed E-state index contributed by atoms with van der Waals surface area (Å²) in [4.78, 5) is 4.66. The van der Waals surface area contributed by atoms with Gasteiger partial charge in [-0.15, -0.1) is 11.3 Å². The third-order valence-corrected chi connectivity index (χ3v) is 12.0. The van der Waals surface area contributed by atoms with Crippen LogP contribution in [0.3, 0.4) is 0 Å². The molecule has 0 saturated heterocycles. The normalized spacial score (nSPS) is 13.2. The molecule has 0 aliphatic carbocycles. The van der Waals surface area contributed by atoms with Crippen LogP contribution in [0.5, 0.6) is 0 Å². The minimum absolute atomic E-state index is 0.0615. The van der Waals surface area contributed by atoms with Gasteiger partial charge in [0.25, 0.3) is 6.71 Å². The summed E-state index contributed by atoms with van der Waals surface area (Å²) < 4.78 is 21.3. The monoisotopic (exact) mass is 673 g/mol. The number of rotatable bonds is 3. The van der Waals surface area contributed by atoms with Crippen molar-refractivity contribution in [3.05, 3.63) is 169 Å². The van der Waals surface area contributed by atoms with Crippen LogP contribution in [0.1, 0.15) is 5.56 Å². The summed E-state index contributed by atoms with van der Waals surface area (Å²) in [5.74, 6) is -0.256. The van der Waals surface area contributed by atoms with Crippen molar-refractivity contribution in [3.63, 3.8) is 0 Å². The van der Waals surface area contributed by atoms with E-state index < -0.39 is 0 Å². The molecule has 0 amide bonds. The highest BCUT2D eigenvalue weighted by molar-refractivity contribution is 7.33. The van der Waals surface area contributed by atoms with Crippen LogP contribution in [-0.4, -0.2) is 11.3 Å². The molecule has 0 unspecified atom stereocenters. The largest absolute Gasteiger partial charge is 0.310 e. The standard InChI is InChI=1S/C45H29BFN3S/c1-28-14-5-9-20-35(28)49-38-23-13-24-39-41(38)46(45-43(49)32-18-7-12-25-40(32)51-45)33-27-26-31-30-17-6-10-21-36(30)48(29-15-3-2-4-16-29)42(31)44(33)50(39)37-22-11-8-19-34(37)47/h2-27H,1H3. The fraction of sp³-hybridized carbons (Fsp3) is 0.0222. The Hall–Kier alpha value is -6.11. The van der Waals surface area contributed by atoms with Gasteiger partial charge in [-0.1, -0.05) is 103 Å². The molecule has 2 aliphatic rings. The molecule has 2 aliphatic heterocycles. The number of hydrogen-bond acceptors (Lipinski definition) is 3. The van der Waals surface area contributed by atoms with Gasteiger partial charge in [-0.05, 0) is 78.0 Å². The van der Waals surface area contributed by atoms with Crippen LogP contribution in [0.2, 0.25) is 0 Å².